The quantitative estimate of drug-likeness (QED) is 0.880. The Morgan fingerprint density at radius 1 is 1.10 bits per heavy atom. The Hall–Kier alpha value is -2.43. The summed E-state index contributed by atoms with van der Waals surface area (Å²) in [7, 11) is 0. The first kappa shape index (κ1) is 15.0. The maximum Gasteiger partial charge on any atom is 0.259 e. The fraction of sp³-hybridized carbons (Fsp3) is 0.250. The SMILES string of the molecule is CC(C)C(F)C(=O)Nc1ccccc1Nc1ccncc1. The summed E-state index contributed by atoms with van der Waals surface area (Å²) in [6, 6.07) is 10.8. The molecule has 1 amide bonds. The largest absolute Gasteiger partial charge is 0.354 e. The normalized spacial score (nSPS) is 12.0. The number of amides is 1. The third-order valence-electron chi connectivity index (χ3n) is 2.98. The highest BCUT2D eigenvalue weighted by atomic mass is 19.1. The fourth-order valence-electron chi connectivity index (χ4n) is 1.80. The Balaban J connectivity index is 2.16. The van der Waals surface area contributed by atoms with Crippen LogP contribution in [-0.2, 0) is 4.79 Å². The van der Waals surface area contributed by atoms with Crippen molar-refractivity contribution in [3.05, 3.63) is 48.8 Å². The average molecular weight is 287 g/mol. The number of pyridine rings is 1. The fourth-order valence-corrected chi connectivity index (χ4v) is 1.80. The maximum absolute atomic E-state index is 13.7. The number of alkyl halides is 1. The van der Waals surface area contributed by atoms with Gasteiger partial charge >= 0.3 is 0 Å². The third kappa shape index (κ3) is 4.02. The zero-order valence-electron chi connectivity index (χ0n) is 12.0. The molecule has 0 bridgehead atoms. The lowest BCUT2D eigenvalue weighted by Gasteiger charge is -2.16. The molecule has 1 unspecified atom stereocenters. The van der Waals surface area contributed by atoms with Crippen molar-refractivity contribution in [1.82, 2.24) is 4.98 Å². The number of halogens is 1. The lowest BCUT2D eigenvalue weighted by atomic mass is 10.1. The zero-order valence-corrected chi connectivity index (χ0v) is 12.0. The van der Waals surface area contributed by atoms with Crippen LogP contribution in [0.4, 0.5) is 21.5 Å². The summed E-state index contributed by atoms with van der Waals surface area (Å²) >= 11 is 0. The number of aromatic nitrogens is 1. The van der Waals surface area contributed by atoms with Crippen molar-refractivity contribution < 1.29 is 9.18 Å². The number of nitrogens with zero attached hydrogens (tertiary/aromatic N) is 1. The summed E-state index contributed by atoms with van der Waals surface area (Å²) in [6.45, 7) is 3.34. The Kier molecular flexibility index (Phi) is 4.87. The van der Waals surface area contributed by atoms with Gasteiger partial charge in [0.2, 0.25) is 0 Å². The van der Waals surface area contributed by atoms with Gasteiger partial charge in [-0.1, -0.05) is 26.0 Å². The van der Waals surface area contributed by atoms with Gasteiger partial charge < -0.3 is 10.6 Å². The van der Waals surface area contributed by atoms with Crippen molar-refractivity contribution in [2.24, 2.45) is 5.92 Å². The van der Waals surface area contributed by atoms with E-state index in [1.54, 1.807) is 38.4 Å². The molecule has 0 spiro atoms. The Morgan fingerprint density at radius 3 is 2.33 bits per heavy atom. The van der Waals surface area contributed by atoms with Crippen molar-refractivity contribution >= 4 is 23.0 Å². The monoisotopic (exact) mass is 287 g/mol. The van der Waals surface area contributed by atoms with Gasteiger partial charge in [0.05, 0.1) is 11.4 Å². The number of rotatable bonds is 5. The lowest BCUT2D eigenvalue weighted by molar-refractivity contribution is -0.122. The number of hydrogen-bond donors (Lipinski definition) is 2. The van der Waals surface area contributed by atoms with Gasteiger partial charge in [0.1, 0.15) is 0 Å². The van der Waals surface area contributed by atoms with Crippen molar-refractivity contribution in [2.45, 2.75) is 20.0 Å². The van der Waals surface area contributed by atoms with E-state index >= 15 is 0 Å². The van der Waals surface area contributed by atoms with Gasteiger partial charge in [0, 0.05) is 18.1 Å². The van der Waals surface area contributed by atoms with Gasteiger partial charge in [-0.15, -0.1) is 0 Å². The van der Waals surface area contributed by atoms with Gasteiger partial charge in [-0.25, -0.2) is 4.39 Å². The van der Waals surface area contributed by atoms with Crippen molar-refractivity contribution in [2.75, 3.05) is 10.6 Å². The average Bonchev–Trinajstić information content (AvgIpc) is 2.49. The molecule has 0 aliphatic rings. The molecule has 0 radical (unpaired) electrons. The minimum atomic E-state index is -1.53. The molecule has 2 aromatic rings. The highest BCUT2D eigenvalue weighted by molar-refractivity contribution is 5.97. The summed E-state index contributed by atoms with van der Waals surface area (Å²) in [5.74, 6) is -0.987. The molecule has 0 fully saturated rings. The van der Waals surface area contributed by atoms with Crippen molar-refractivity contribution in [1.29, 1.82) is 0 Å². The molecule has 2 rings (SSSR count). The summed E-state index contributed by atoms with van der Waals surface area (Å²) in [5, 5.41) is 5.79. The van der Waals surface area contributed by atoms with E-state index in [0.29, 0.717) is 11.4 Å². The van der Waals surface area contributed by atoms with Crippen LogP contribution >= 0.6 is 0 Å². The first-order valence-electron chi connectivity index (χ1n) is 6.79. The second-order valence-corrected chi connectivity index (χ2v) is 5.04. The first-order valence-corrected chi connectivity index (χ1v) is 6.79. The molecule has 21 heavy (non-hydrogen) atoms. The maximum atomic E-state index is 13.7. The second-order valence-electron chi connectivity index (χ2n) is 5.04. The Bertz CT molecular complexity index is 601. The number of anilines is 3. The number of benzene rings is 1. The van der Waals surface area contributed by atoms with E-state index in [1.165, 1.54) is 0 Å². The molecule has 0 aliphatic heterocycles. The first-order chi connectivity index (χ1) is 10.1. The Labute approximate surface area is 123 Å². The lowest BCUT2D eigenvalue weighted by Crippen LogP contribution is -2.28. The zero-order chi connectivity index (χ0) is 15.2. The minimum Gasteiger partial charge on any atom is -0.354 e. The molecule has 5 heteroatoms. The molecule has 4 nitrogen and oxygen atoms in total. The molecule has 0 aliphatic carbocycles. The van der Waals surface area contributed by atoms with E-state index in [2.05, 4.69) is 15.6 Å². The molecule has 110 valence electrons. The van der Waals surface area contributed by atoms with Gasteiger partial charge in [0.15, 0.2) is 6.17 Å². The number of carbonyl (C=O) groups excluding carboxylic acids is 1. The van der Waals surface area contributed by atoms with Crippen LogP contribution in [0.3, 0.4) is 0 Å². The van der Waals surface area contributed by atoms with Gasteiger partial charge in [-0.3, -0.25) is 9.78 Å². The molecule has 1 aromatic heterocycles. The molecule has 1 atom stereocenters. The third-order valence-corrected chi connectivity index (χ3v) is 2.98. The number of para-hydroxylation sites is 2. The van der Waals surface area contributed by atoms with Crippen LogP contribution in [0, 0.1) is 5.92 Å². The predicted octanol–water partition coefficient (Wildman–Crippen LogP) is 3.76. The smallest absolute Gasteiger partial charge is 0.259 e. The molecular weight excluding hydrogens is 269 g/mol. The molecule has 1 heterocycles. The topological polar surface area (TPSA) is 54.0 Å². The highest BCUT2D eigenvalue weighted by Crippen LogP contribution is 2.25. The molecule has 0 saturated carbocycles. The molecule has 2 N–H and O–H groups in total. The molecule has 0 saturated heterocycles. The Morgan fingerprint density at radius 2 is 1.71 bits per heavy atom. The van der Waals surface area contributed by atoms with Crippen molar-refractivity contribution in [3.8, 4) is 0 Å². The van der Waals surface area contributed by atoms with E-state index < -0.39 is 12.1 Å². The highest BCUT2D eigenvalue weighted by Gasteiger charge is 2.21. The summed E-state index contributed by atoms with van der Waals surface area (Å²) in [6.07, 6.45) is 1.80. The van der Waals surface area contributed by atoms with Crippen LogP contribution in [0.5, 0.6) is 0 Å². The van der Waals surface area contributed by atoms with E-state index in [0.717, 1.165) is 5.69 Å². The molecule has 1 aromatic carbocycles. The summed E-state index contributed by atoms with van der Waals surface area (Å²) in [4.78, 5) is 15.8. The van der Waals surface area contributed by atoms with Crippen molar-refractivity contribution in [3.63, 3.8) is 0 Å². The van der Waals surface area contributed by atoms with Gasteiger partial charge in [0.25, 0.3) is 5.91 Å². The van der Waals surface area contributed by atoms with Crippen LogP contribution < -0.4 is 10.6 Å². The van der Waals surface area contributed by atoms with Crippen LogP contribution in [0.15, 0.2) is 48.8 Å². The number of carbonyl (C=O) groups is 1. The van der Waals surface area contributed by atoms with Crippen LogP contribution in [0.1, 0.15) is 13.8 Å². The standard InChI is InChI=1S/C16H18FN3O/c1-11(2)15(17)16(21)20-14-6-4-3-5-13(14)19-12-7-9-18-10-8-12/h3-11,15H,1-2H3,(H,18,19)(H,20,21). The van der Waals surface area contributed by atoms with Crippen LogP contribution in [-0.4, -0.2) is 17.1 Å². The van der Waals surface area contributed by atoms with E-state index in [9.17, 15) is 9.18 Å². The summed E-state index contributed by atoms with van der Waals surface area (Å²) in [5.41, 5.74) is 2.09. The second kappa shape index (κ2) is 6.83. The molecular formula is C16H18FN3O. The predicted molar refractivity (Wildman–Crippen MR) is 82.3 cm³/mol. The minimum absolute atomic E-state index is 0.356. The van der Waals surface area contributed by atoms with E-state index in [1.807, 2.05) is 24.3 Å². The van der Waals surface area contributed by atoms with Crippen LogP contribution in [0.25, 0.3) is 0 Å². The van der Waals surface area contributed by atoms with E-state index in [-0.39, 0.29) is 5.92 Å². The van der Waals surface area contributed by atoms with Gasteiger partial charge in [-0.2, -0.15) is 0 Å². The number of hydrogen-bond acceptors (Lipinski definition) is 3. The summed E-state index contributed by atoms with van der Waals surface area (Å²) < 4.78 is 13.7. The van der Waals surface area contributed by atoms with Gasteiger partial charge in [-0.05, 0) is 30.2 Å². The van der Waals surface area contributed by atoms with E-state index in [4.69, 9.17) is 0 Å². The van der Waals surface area contributed by atoms with Crippen LogP contribution in [0.2, 0.25) is 0 Å². The number of nitrogens with one attached hydrogen (secondary N) is 2.